The smallest absolute Gasteiger partial charge is 0.0916 e. The number of hydrogen-bond acceptors (Lipinski definition) is 2. The van der Waals surface area contributed by atoms with Gasteiger partial charge in [-0.2, -0.15) is 5.26 Å². The predicted octanol–water partition coefficient (Wildman–Crippen LogP) is 4.25. The number of hydrogen-bond donors (Lipinski definition) is 1. The summed E-state index contributed by atoms with van der Waals surface area (Å²) in [5.41, 5.74) is -0.844. The highest BCUT2D eigenvalue weighted by Gasteiger charge is 2.26. The van der Waals surface area contributed by atoms with Gasteiger partial charge in [-0.25, -0.2) is 0 Å². The lowest BCUT2D eigenvalue weighted by molar-refractivity contribution is 0.128. The Labute approximate surface area is 107 Å². The zero-order chi connectivity index (χ0) is 13.3. The van der Waals surface area contributed by atoms with Gasteiger partial charge in [-0.05, 0) is 44.3 Å². The van der Waals surface area contributed by atoms with E-state index in [1.807, 2.05) is 0 Å². The van der Waals surface area contributed by atoms with Crippen molar-refractivity contribution in [1.29, 1.82) is 5.26 Å². The quantitative estimate of drug-likeness (QED) is 0.520. The van der Waals surface area contributed by atoms with Gasteiger partial charge in [0.25, 0.3) is 0 Å². The van der Waals surface area contributed by atoms with Crippen molar-refractivity contribution in [1.82, 2.24) is 0 Å². The van der Waals surface area contributed by atoms with Gasteiger partial charge < -0.3 is 5.11 Å². The molecule has 0 aromatic carbocycles. The average Bonchev–Trinajstić information content (AvgIpc) is 2.25. The van der Waals surface area contributed by atoms with Crippen LogP contribution in [-0.2, 0) is 0 Å². The summed E-state index contributed by atoms with van der Waals surface area (Å²) in [4.78, 5) is 0. The third-order valence-electron chi connectivity index (χ3n) is 2.73. The van der Waals surface area contributed by atoms with Crippen LogP contribution < -0.4 is 0 Å². The zero-order valence-electron chi connectivity index (χ0n) is 11.7. The molecule has 98 valence electrons. The molecule has 0 aliphatic carbocycles. The van der Waals surface area contributed by atoms with Crippen LogP contribution in [0.3, 0.4) is 0 Å². The zero-order valence-corrected chi connectivity index (χ0v) is 12.6. The lowest BCUT2D eigenvalue weighted by atomic mass is 10.1. The van der Waals surface area contributed by atoms with Crippen molar-refractivity contribution in [2.45, 2.75) is 59.0 Å². The van der Waals surface area contributed by atoms with E-state index in [1.54, 1.807) is 19.9 Å². The van der Waals surface area contributed by atoms with Crippen LogP contribution in [0.4, 0.5) is 0 Å². The van der Waals surface area contributed by atoms with E-state index < -0.39 is 5.60 Å². The summed E-state index contributed by atoms with van der Waals surface area (Å²) in [7, 11) is -0.341. The molecule has 0 atom stereocenters. The molecule has 0 fully saturated rings. The average molecular weight is 255 g/mol. The van der Waals surface area contributed by atoms with E-state index >= 15 is 0 Å². The molecule has 1 N–H and O–H groups in total. The first-order chi connectivity index (χ1) is 7.97. The van der Waals surface area contributed by atoms with Gasteiger partial charge in [-0.3, -0.25) is 0 Å². The number of allylic oxidation sites excluding steroid dienone is 1. The van der Waals surface area contributed by atoms with Gasteiger partial charge in [-0.1, -0.05) is 34.6 Å². The van der Waals surface area contributed by atoms with Gasteiger partial charge in [0.1, 0.15) is 0 Å². The van der Waals surface area contributed by atoms with Crippen LogP contribution in [0.5, 0.6) is 0 Å². The first-order valence-corrected chi connectivity index (χ1v) is 8.26. The number of rotatable bonds is 8. The molecule has 3 heteroatoms. The van der Waals surface area contributed by atoms with Crippen LogP contribution in [0.2, 0.25) is 0 Å². The Morgan fingerprint density at radius 3 is 2.00 bits per heavy atom. The summed E-state index contributed by atoms with van der Waals surface area (Å²) in [6, 6.07) is 2.10. The second kappa shape index (κ2) is 8.67. The number of unbranched alkanes of at least 4 members (excludes halogenated alkanes) is 2. The second-order valence-corrected chi connectivity index (χ2v) is 7.37. The number of aliphatic hydroxyl groups is 1. The molecule has 0 aromatic rings. The van der Waals surface area contributed by atoms with Crippen molar-refractivity contribution in [2.75, 3.05) is 12.3 Å². The second-order valence-electron chi connectivity index (χ2n) is 4.91. The first-order valence-electron chi connectivity index (χ1n) is 6.54. The van der Waals surface area contributed by atoms with E-state index in [0.29, 0.717) is 0 Å². The van der Waals surface area contributed by atoms with Crippen molar-refractivity contribution >= 4 is 7.92 Å². The predicted molar refractivity (Wildman–Crippen MR) is 76.5 cm³/mol. The highest BCUT2D eigenvalue weighted by Crippen LogP contribution is 2.50. The van der Waals surface area contributed by atoms with E-state index in [2.05, 4.69) is 19.9 Å². The van der Waals surface area contributed by atoms with E-state index in [1.165, 1.54) is 25.7 Å². The van der Waals surface area contributed by atoms with Crippen LogP contribution in [0, 0.1) is 11.3 Å². The molecular weight excluding hydrogens is 229 g/mol. The molecule has 0 saturated heterocycles. The Morgan fingerprint density at radius 1 is 1.24 bits per heavy atom. The summed E-state index contributed by atoms with van der Waals surface area (Å²) in [5, 5.41) is 20.0. The van der Waals surface area contributed by atoms with E-state index in [-0.39, 0.29) is 7.92 Å². The van der Waals surface area contributed by atoms with Crippen molar-refractivity contribution in [2.24, 2.45) is 0 Å². The number of nitriles is 1. The molecule has 0 saturated carbocycles. The summed E-state index contributed by atoms with van der Waals surface area (Å²) in [6.45, 7) is 7.96. The molecular formula is C14H26NOP. The monoisotopic (exact) mass is 255 g/mol. The molecule has 0 aliphatic rings. The molecule has 0 aromatic heterocycles. The number of nitrogens with zero attached hydrogens (tertiary/aromatic N) is 1. The Hall–Kier alpha value is -0.380. The van der Waals surface area contributed by atoms with Gasteiger partial charge in [0.15, 0.2) is 0 Å². The van der Waals surface area contributed by atoms with Crippen LogP contribution in [0.25, 0.3) is 0 Å². The van der Waals surface area contributed by atoms with Crippen molar-refractivity contribution < 1.29 is 5.11 Å². The third-order valence-corrected chi connectivity index (χ3v) is 5.80. The molecule has 2 nitrogen and oxygen atoms in total. The summed E-state index contributed by atoms with van der Waals surface area (Å²) in [6.07, 6.45) is 8.60. The van der Waals surface area contributed by atoms with Crippen molar-refractivity contribution in [3.8, 4) is 6.07 Å². The van der Waals surface area contributed by atoms with Crippen LogP contribution in [0.15, 0.2) is 11.4 Å². The van der Waals surface area contributed by atoms with Crippen LogP contribution >= 0.6 is 7.92 Å². The largest absolute Gasteiger partial charge is 0.386 e. The lowest BCUT2D eigenvalue weighted by Crippen LogP contribution is -2.22. The Morgan fingerprint density at radius 2 is 1.71 bits per heavy atom. The van der Waals surface area contributed by atoms with Crippen molar-refractivity contribution in [3.63, 3.8) is 0 Å². The van der Waals surface area contributed by atoms with E-state index in [4.69, 9.17) is 5.26 Å². The molecule has 17 heavy (non-hydrogen) atoms. The van der Waals surface area contributed by atoms with Crippen molar-refractivity contribution in [3.05, 3.63) is 11.4 Å². The molecule has 0 rings (SSSR count). The minimum Gasteiger partial charge on any atom is -0.386 e. The van der Waals surface area contributed by atoms with E-state index in [9.17, 15) is 5.11 Å². The third kappa shape index (κ3) is 6.81. The minimum absolute atomic E-state index is 0.341. The molecule has 0 aliphatic heterocycles. The highest BCUT2D eigenvalue weighted by atomic mass is 31.1. The first kappa shape index (κ1) is 16.6. The van der Waals surface area contributed by atoms with Gasteiger partial charge in [-0.15, -0.1) is 0 Å². The molecule has 0 unspecified atom stereocenters. The Balaban J connectivity index is 4.82. The fourth-order valence-electron chi connectivity index (χ4n) is 1.77. The molecule has 0 radical (unpaired) electrons. The SMILES string of the molecule is CCCCP(CCCC)C(=CC#N)C(C)(C)O. The van der Waals surface area contributed by atoms with Crippen LogP contribution in [-0.4, -0.2) is 23.0 Å². The lowest BCUT2D eigenvalue weighted by Gasteiger charge is -2.29. The van der Waals surface area contributed by atoms with Crippen LogP contribution in [0.1, 0.15) is 53.4 Å². The normalized spacial score (nSPS) is 12.9. The molecule has 0 bridgehead atoms. The summed E-state index contributed by atoms with van der Waals surface area (Å²) in [5.74, 6) is 0. The molecule has 0 spiro atoms. The maximum Gasteiger partial charge on any atom is 0.0916 e. The maximum absolute atomic E-state index is 10.2. The van der Waals surface area contributed by atoms with Gasteiger partial charge in [0.05, 0.1) is 11.7 Å². The Bertz CT molecular complexity index is 265. The Kier molecular flexibility index (Phi) is 8.48. The highest BCUT2D eigenvalue weighted by molar-refractivity contribution is 7.62. The van der Waals surface area contributed by atoms with Gasteiger partial charge in [0, 0.05) is 6.08 Å². The minimum atomic E-state index is -0.844. The summed E-state index contributed by atoms with van der Waals surface area (Å²) < 4.78 is 0. The van der Waals surface area contributed by atoms with Gasteiger partial charge in [0.2, 0.25) is 0 Å². The maximum atomic E-state index is 10.2. The standard InChI is InChI=1S/C14H26NOP/c1-5-7-11-17(12-8-6-2)13(9-10-15)14(3,4)16/h9,16H,5-8,11-12H2,1-4H3. The van der Waals surface area contributed by atoms with E-state index in [0.717, 1.165) is 17.6 Å². The summed E-state index contributed by atoms with van der Waals surface area (Å²) >= 11 is 0. The van der Waals surface area contributed by atoms with Gasteiger partial charge >= 0.3 is 0 Å². The molecule has 0 amide bonds. The molecule has 0 heterocycles. The fourth-order valence-corrected chi connectivity index (χ4v) is 4.88. The fraction of sp³-hybridized carbons (Fsp3) is 0.786. The topological polar surface area (TPSA) is 44.0 Å².